The Morgan fingerprint density at radius 1 is 1.04 bits per heavy atom. The Labute approximate surface area is 169 Å². The number of hydrogen-bond acceptors (Lipinski definition) is 4. The molecule has 0 atom stereocenters. The summed E-state index contributed by atoms with van der Waals surface area (Å²) in [5.74, 6) is 1.04. The summed E-state index contributed by atoms with van der Waals surface area (Å²) in [7, 11) is 0. The molecule has 1 aliphatic carbocycles. The molecule has 2 heterocycles. The molecule has 1 saturated heterocycles. The lowest BCUT2D eigenvalue weighted by Gasteiger charge is -2.31. The molecule has 148 valence electrons. The Hall–Kier alpha value is -1.04. The molecule has 0 unspecified atom stereocenters. The second-order valence-corrected chi connectivity index (χ2v) is 7.33. The molecular weight excluding hydrogens is 371 g/mol. The predicted octanol–water partition coefficient (Wildman–Crippen LogP) is 3.58. The van der Waals surface area contributed by atoms with Crippen molar-refractivity contribution in [2.24, 2.45) is 5.73 Å². The first-order valence-electron chi connectivity index (χ1n) is 9.44. The maximum Gasteiger partial charge on any atom is 0.240 e. The number of halogens is 2. The molecule has 3 N–H and O–H groups in total. The number of amides is 1. The lowest BCUT2D eigenvalue weighted by atomic mass is 9.82. The molecule has 1 amide bonds. The fourth-order valence-electron chi connectivity index (χ4n) is 3.78. The summed E-state index contributed by atoms with van der Waals surface area (Å²) in [6.07, 6.45) is 11.9. The van der Waals surface area contributed by atoms with Crippen LogP contribution in [0.4, 0.5) is 5.82 Å². The van der Waals surface area contributed by atoms with Gasteiger partial charge in [0.2, 0.25) is 5.91 Å². The van der Waals surface area contributed by atoms with Gasteiger partial charge in [-0.2, -0.15) is 0 Å². The number of aromatic nitrogens is 1. The van der Waals surface area contributed by atoms with Crippen molar-refractivity contribution in [3.05, 3.63) is 23.9 Å². The fraction of sp³-hybridized carbons (Fsp3) is 0.684. The molecule has 3 rings (SSSR count). The largest absolute Gasteiger partial charge is 0.357 e. The highest BCUT2D eigenvalue weighted by Crippen LogP contribution is 2.26. The molecule has 0 bridgehead atoms. The lowest BCUT2D eigenvalue weighted by Crippen LogP contribution is -2.54. The molecule has 26 heavy (non-hydrogen) atoms. The van der Waals surface area contributed by atoms with Gasteiger partial charge in [0.1, 0.15) is 5.82 Å². The van der Waals surface area contributed by atoms with Crippen LogP contribution in [0.3, 0.4) is 0 Å². The van der Waals surface area contributed by atoms with Crippen LogP contribution in [0.1, 0.15) is 63.4 Å². The molecule has 2 aliphatic rings. The summed E-state index contributed by atoms with van der Waals surface area (Å²) < 4.78 is 0. The maximum atomic E-state index is 12.4. The number of nitrogens with two attached hydrogens (primary N) is 1. The van der Waals surface area contributed by atoms with E-state index in [4.69, 9.17) is 5.73 Å². The van der Waals surface area contributed by atoms with Crippen LogP contribution >= 0.6 is 24.8 Å². The highest BCUT2D eigenvalue weighted by molar-refractivity contribution is 5.86. The van der Waals surface area contributed by atoms with Gasteiger partial charge < -0.3 is 16.0 Å². The standard InChI is InChI=1S/C19H30N4O.2ClH/c20-19(10-4-3-5-11-19)18(24)22-15-16-8-9-17(21-14-16)23-12-6-1-2-7-13-23;;/h8-9,14H,1-7,10-13,15,20H2,(H,22,24);2*1H. The van der Waals surface area contributed by atoms with Gasteiger partial charge in [0.05, 0.1) is 5.54 Å². The summed E-state index contributed by atoms with van der Waals surface area (Å²) in [6.45, 7) is 2.70. The number of carbonyl (C=O) groups excluding carboxylic acids is 1. The third-order valence-electron chi connectivity index (χ3n) is 5.39. The minimum absolute atomic E-state index is 0. The van der Waals surface area contributed by atoms with Crippen molar-refractivity contribution in [2.45, 2.75) is 69.9 Å². The van der Waals surface area contributed by atoms with Crippen LogP contribution < -0.4 is 16.0 Å². The Morgan fingerprint density at radius 3 is 2.23 bits per heavy atom. The van der Waals surface area contributed by atoms with Crippen molar-refractivity contribution in [3.63, 3.8) is 0 Å². The third-order valence-corrected chi connectivity index (χ3v) is 5.39. The molecule has 7 heteroatoms. The summed E-state index contributed by atoms with van der Waals surface area (Å²) in [5, 5.41) is 3.00. The molecular formula is C19H32Cl2N4O. The summed E-state index contributed by atoms with van der Waals surface area (Å²) in [5.41, 5.74) is 6.63. The Kier molecular flexibility index (Phi) is 9.69. The highest BCUT2D eigenvalue weighted by Gasteiger charge is 2.34. The molecule has 0 radical (unpaired) electrons. The molecule has 1 aliphatic heterocycles. The highest BCUT2D eigenvalue weighted by atomic mass is 35.5. The van der Waals surface area contributed by atoms with Crippen molar-refractivity contribution in [2.75, 3.05) is 18.0 Å². The lowest BCUT2D eigenvalue weighted by molar-refractivity contribution is -0.127. The van der Waals surface area contributed by atoms with Gasteiger partial charge in [0.15, 0.2) is 0 Å². The molecule has 0 spiro atoms. The SMILES string of the molecule is Cl.Cl.NC1(C(=O)NCc2ccc(N3CCCCCC3)nc2)CCCCC1. The number of hydrogen-bond donors (Lipinski definition) is 2. The summed E-state index contributed by atoms with van der Waals surface area (Å²) >= 11 is 0. The number of nitrogens with one attached hydrogen (secondary N) is 1. The quantitative estimate of drug-likeness (QED) is 0.806. The van der Waals surface area contributed by atoms with Gasteiger partial charge in [-0.1, -0.05) is 38.2 Å². The van der Waals surface area contributed by atoms with Crippen molar-refractivity contribution in [3.8, 4) is 0 Å². The first kappa shape index (κ1) is 23.0. The van der Waals surface area contributed by atoms with Crippen molar-refractivity contribution < 1.29 is 4.79 Å². The minimum Gasteiger partial charge on any atom is -0.357 e. The van der Waals surface area contributed by atoms with Crippen LogP contribution in [0.15, 0.2) is 18.3 Å². The molecule has 2 fully saturated rings. The number of carbonyl (C=O) groups is 1. The monoisotopic (exact) mass is 402 g/mol. The van der Waals surface area contributed by atoms with Gasteiger partial charge in [0.25, 0.3) is 0 Å². The minimum atomic E-state index is -0.669. The zero-order valence-corrected chi connectivity index (χ0v) is 17.0. The molecule has 5 nitrogen and oxygen atoms in total. The van der Waals surface area contributed by atoms with Crippen molar-refractivity contribution >= 4 is 36.5 Å². The topological polar surface area (TPSA) is 71.2 Å². The number of rotatable bonds is 4. The van der Waals surface area contributed by atoms with E-state index in [1.54, 1.807) is 0 Å². The van der Waals surface area contributed by atoms with E-state index in [9.17, 15) is 4.79 Å². The number of nitrogens with zero attached hydrogens (tertiary/aromatic N) is 2. The van der Waals surface area contributed by atoms with E-state index >= 15 is 0 Å². The van der Waals surface area contributed by atoms with Crippen LogP contribution in [0, 0.1) is 0 Å². The van der Waals surface area contributed by atoms with Crippen molar-refractivity contribution in [1.29, 1.82) is 0 Å². The normalized spacial score (nSPS) is 19.5. The zero-order chi connectivity index (χ0) is 16.8. The second-order valence-electron chi connectivity index (χ2n) is 7.33. The number of pyridine rings is 1. The average molecular weight is 403 g/mol. The molecule has 1 saturated carbocycles. The molecule has 0 aromatic carbocycles. The first-order valence-corrected chi connectivity index (χ1v) is 9.44. The first-order chi connectivity index (χ1) is 11.7. The Morgan fingerprint density at radius 2 is 1.65 bits per heavy atom. The van der Waals surface area contributed by atoms with Gasteiger partial charge in [-0.25, -0.2) is 4.98 Å². The van der Waals surface area contributed by atoms with Crippen molar-refractivity contribution in [1.82, 2.24) is 10.3 Å². The summed E-state index contributed by atoms with van der Waals surface area (Å²) in [6, 6.07) is 4.14. The third kappa shape index (κ3) is 6.00. The maximum absolute atomic E-state index is 12.4. The van der Waals surface area contributed by atoms with E-state index in [1.165, 1.54) is 32.1 Å². The van der Waals surface area contributed by atoms with Crippen LogP contribution in [-0.4, -0.2) is 29.5 Å². The Balaban J connectivity index is 0.00000169. The van der Waals surface area contributed by atoms with E-state index in [0.29, 0.717) is 6.54 Å². The van der Waals surface area contributed by atoms with Crippen LogP contribution in [0.2, 0.25) is 0 Å². The van der Waals surface area contributed by atoms with Crippen LogP contribution in [0.5, 0.6) is 0 Å². The molecule has 1 aromatic heterocycles. The van der Waals surface area contributed by atoms with E-state index in [1.807, 2.05) is 6.20 Å². The number of anilines is 1. The van der Waals surface area contributed by atoms with E-state index < -0.39 is 5.54 Å². The van der Waals surface area contributed by atoms with Crippen LogP contribution in [0.25, 0.3) is 0 Å². The average Bonchev–Trinajstić information content (AvgIpc) is 2.90. The predicted molar refractivity (Wildman–Crippen MR) is 111 cm³/mol. The van der Waals surface area contributed by atoms with Gasteiger partial charge in [-0.15, -0.1) is 24.8 Å². The van der Waals surface area contributed by atoms with Gasteiger partial charge >= 0.3 is 0 Å². The fourth-order valence-corrected chi connectivity index (χ4v) is 3.78. The van der Waals surface area contributed by atoms with Crippen LogP contribution in [-0.2, 0) is 11.3 Å². The zero-order valence-electron chi connectivity index (χ0n) is 15.4. The van der Waals surface area contributed by atoms with E-state index in [2.05, 4.69) is 27.3 Å². The Bertz CT molecular complexity index is 539. The van der Waals surface area contributed by atoms with Gasteiger partial charge in [-0.05, 0) is 37.3 Å². The van der Waals surface area contributed by atoms with E-state index in [0.717, 1.165) is 50.2 Å². The smallest absolute Gasteiger partial charge is 0.240 e. The summed E-state index contributed by atoms with van der Waals surface area (Å²) in [4.78, 5) is 19.3. The van der Waals surface area contributed by atoms with Gasteiger partial charge in [-0.3, -0.25) is 4.79 Å². The van der Waals surface area contributed by atoms with Gasteiger partial charge in [0, 0.05) is 25.8 Å². The molecule has 1 aromatic rings. The second kappa shape index (κ2) is 11.0. The van der Waals surface area contributed by atoms with E-state index in [-0.39, 0.29) is 30.7 Å².